The van der Waals surface area contributed by atoms with E-state index in [9.17, 15) is 23.2 Å². The monoisotopic (exact) mass is 526 g/mol. The molecule has 4 rings (SSSR count). The average Bonchev–Trinajstić information content (AvgIpc) is 3.08. The number of benzene rings is 1. The van der Waals surface area contributed by atoms with Crippen LogP contribution in [0, 0.1) is 11.6 Å². The van der Waals surface area contributed by atoms with Crippen LogP contribution in [0.4, 0.5) is 19.3 Å². The number of hydrogen-bond acceptors (Lipinski definition) is 5. The Morgan fingerprint density at radius 3 is 2.82 bits per heavy atom. The first-order valence-electron chi connectivity index (χ1n) is 10.1. The molecule has 2 aromatic rings. The van der Waals surface area contributed by atoms with Crippen molar-refractivity contribution in [1.29, 1.82) is 0 Å². The third-order valence-electron chi connectivity index (χ3n) is 5.42. The zero-order valence-electron chi connectivity index (χ0n) is 17.8. The van der Waals surface area contributed by atoms with Gasteiger partial charge < -0.3 is 15.5 Å². The number of aromatic nitrogens is 2. The first-order valence-corrected chi connectivity index (χ1v) is 10.9. The Bertz CT molecular complexity index is 1140. The molecule has 2 aliphatic rings. The Morgan fingerprint density at radius 1 is 1.33 bits per heavy atom. The van der Waals surface area contributed by atoms with E-state index in [1.165, 1.54) is 18.9 Å². The number of urea groups is 1. The van der Waals surface area contributed by atoms with Crippen molar-refractivity contribution in [1.82, 2.24) is 25.1 Å². The van der Waals surface area contributed by atoms with E-state index in [-0.39, 0.29) is 35.7 Å². The van der Waals surface area contributed by atoms with Crippen molar-refractivity contribution in [2.45, 2.75) is 32.5 Å². The highest BCUT2D eigenvalue weighted by molar-refractivity contribution is 9.10. The van der Waals surface area contributed by atoms with Gasteiger partial charge in [-0.15, -0.1) is 0 Å². The van der Waals surface area contributed by atoms with E-state index in [0.717, 1.165) is 17.2 Å². The van der Waals surface area contributed by atoms with Crippen molar-refractivity contribution in [3.05, 3.63) is 45.2 Å². The molecule has 2 N–H and O–H groups in total. The molecule has 0 fully saturated rings. The highest BCUT2D eigenvalue weighted by Gasteiger charge is 2.35. The molecule has 1 aromatic carbocycles. The van der Waals surface area contributed by atoms with Gasteiger partial charge >= 0.3 is 6.03 Å². The van der Waals surface area contributed by atoms with E-state index in [1.807, 2.05) is 0 Å². The zero-order valence-corrected chi connectivity index (χ0v) is 19.4. The van der Waals surface area contributed by atoms with Crippen molar-refractivity contribution in [2.75, 3.05) is 25.5 Å². The zero-order chi connectivity index (χ0) is 23.9. The Balaban J connectivity index is 1.55. The molecule has 0 radical (unpaired) electrons. The molecule has 0 bridgehead atoms. The van der Waals surface area contributed by atoms with Crippen molar-refractivity contribution >= 4 is 39.5 Å². The number of carbonyl (C=O) groups excluding carboxylic acids is 3. The third kappa shape index (κ3) is 4.55. The van der Waals surface area contributed by atoms with E-state index in [2.05, 4.69) is 31.7 Å². The molecule has 0 saturated carbocycles. The summed E-state index contributed by atoms with van der Waals surface area (Å²) in [6, 6.07) is 1.59. The van der Waals surface area contributed by atoms with Gasteiger partial charge in [0.2, 0.25) is 5.91 Å². The summed E-state index contributed by atoms with van der Waals surface area (Å²) in [4.78, 5) is 44.1. The summed E-state index contributed by atoms with van der Waals surface area (Å²) < 4.78 is 28.9. The summed E-state index contributed by atoms with van der Waals surface area (Å²) >= 11 is 2.81. The fraction of sp³-hybridized carbons (Fsp3) is 0.400. The van der Waals surface area contributed by atoms with Gasteiger partial charge in [-0.25, -0.2) is 18.6 Å². The minimum Gasteiger partial charge on any atom is -0.354 e. The fourth-order valence-electron chi connectivity index (χ4n) is 3.79. The number of anilines is 1. The number of fused-ring (bicyclic) bond motifs is 3. The number of carbonyl (C=O) groups is 3. The number of amides is 4. The van der Waals surface area contributed by atoms with Crippen LogP contribution in [-0.2, 0) is 29.1 Å². The normalized spacial score (nSPS) is 17.8. The molecule has 0 saturated heterocycles. The lowest BCUT2D eigenvalue weighted by atomic mass is 10.1. The lowest BCUT2D eigenvalue weighted by Gasteiger charge is -2.27. The highest BCUT2D eigenvalue weighted by atomic mass is 79.9. The molecular weight excluding hydrogens is 506 g/mol. The molecule has 10 nitrogen and oxygen atoms in total. The van der Waals surface area contributed by atoms with Crippen LogP contribution in [0.15, 0.2) is 16.6 Å². The van der Waals surface area contributed by atoms with Crippen LogP contribution in [0.5, 0.6) is 0 Å². The van der Waals surface area contributed by atoms with Crippen molar-refractivity contribution < 1.29 is 28.0 Å². The lowest BCUT2D eigenvalue weighted by molar-refractivity contribution is -0.148. The number of halogens is 3. The van der Waals surface area contributed by atoms with Gasteiger partial charge in [-0.3, -0.25) is 19.1 Å². The molecular formula is C20H21BrF2N6O4. The second-order valence-electron chi connectivity index (χ2n) is 7.75. The van der Waals surface area contributed by atoms with Crippen LogP contribution in [0.1, 0.15) is 28.7 Å². The maximum Gasteiger partial charge on any atom is 0.322 e. The predicted molar refractivity (Wildman–Crippen MR) is 115 cm³/mol. The lowest BCUT2D eigenvalue weighted by Crippen LogP contribution is -2.40. The second-order valence-corrected chi connectivity index (χ2v) is 8.54. The number of rotatable bonds is 3. The molecule has 2 aliphatic heterocycles. The minimum absolute atomic E-state index is 0.0798. The summed E-state index contributed by atoms with van der Waals surface area (Å²) in [6.07, 6.45) is -0.114. The van der Waals surface area contributed by atoms with E-state index < -0.39 is 29.7 Å². The summed E-state index contributed by atoms with van der Waals surface area (Å²) in [6.45, 7) is 2.20. The van der Waals surface area contributed by atoms with Gasteiger partial charge in [0.1, 0.15) is 17.6 Å². The molecule has 0 spiro atoms. The molecule has 1 aromatic heterocycles. The predicted octanol–water partition coefficient (Wildman–Crippen LogP) is 2.04. The maximum atomic E-state index is 14.3. The Labute approximate surface area is 195 Å². The molecule has 1 atom stereocenters. The molecule has 176 valence electrons. The SMILES string of the molecule is CC(=O)NC[C@H]1Cn2nc3c(c2C(=O)N(C)O1)CN(C(=O)Nc1ccc(F)c(Br)c1F)CC3. The van der Waals surface area contributed by atoms with E-state index in [0.29, 0.717) is 29.9 Å². The topological polar surface area (TPSA) is 109 Å². The maximum absolute atomic E-state index is 14.3. The Kier molecular flexibility index (Phi) is 6.34. The van der Waals surface area contributed by atoms with E-state index in [4.69, 9.17) is 4.84 Å². The molecule has 4 amide bonds. The summed E-state index contributed by atoms with van der Waals surface area (Å²) in [7, 11) is 1.47. The number of nitrogens with one attached hydrogen (secondary N) is 2. The van der Waals surface area contributed by atoms with Gasteiger partial charge in [0.05, 0.1) is 28.9 Å². The van der Waals surface area contributed by atoms with Crippen LogP contribution in [0.2, 0.25) is 0 Å². The number of hydroxylamine groups is 2. The number of nitrogens with zero attached hydrogens (tertiary/aromatic N) is 4. The van der Waals surface area contributed by atoms with Crippen molar-refractivity contribution in [3.8, 4) is 0 Å². The van der Waals surface area contributed by atoms with E-state index in [1.54, 1.807) is 4.68 Å². The summed E-state index contributed by atoms with van der Waals surface area (Å²) in [5.41, 5.74) is 1.40. The van der Waals surface area contributed by atoms with Crippen LogP contribution in [-0.4, -0.2) is 63.8 Å². The van der Waals surface area contributed by atoms with Crippen molar-refractivity contribution in [2.24, 2.45) is 0 Å². The highest BCUT2D eigenvalue weighted by Crippen LogP contribution is 2.28. The first-order chi connectivity index (χ1) is 15.7. The Hall–Kier alpha value is -3.06. The summed E-state index contributed by atoms with van der Waals surface area (Å²) in [5.74, 6) is -2.34. The third-order valence-corrected chi connectivity index (χ3v) is 6.14. The molecule has 0 unspecified atom stereocenters. The first kappa shape index (κ1) is 23.1. The van der Waals surface area contributed by atoms with Crippen LogP contribution >= 0.6 is 15.9 Å². The van der Waals surface area contributed by atoms with Gasteiger partial charge in [0, 0.05) is 39.0 Å². The van der Waals surface area contributed by atoms with Crippen LogP contribution in [0.25, 0.3) is 0 Å². The van der Waals surface area contributed by atoms with Gasteiger partial charge in [-0.2, -0.15) is 5.10 Å². The Morgan fingerprint density at radius 2 is 2.09 bits per heavy atom. The van der Waals surface area contributed by atoms with E-state index >= 15 is 0 Å². The smallest absolute Gasteiger partial charge is 0.322 e. The largest absolute Gasteiger partial charge is 0.354 e. The molecule has 33 heavy (non-hydrogen) atoms. The standard InChI is InChI=1S/C20H21BrF2N6O4/c1-10(30)24-7-11-8-29-18(19(31)27(2)33-11)12-9-28(6-5-14(12)26-29)20(32)25-15-4-3-13(22)16(21)17(15)23/h3-4,11H,5-9H2,1-2H3,(H,24,30)(H,25,32)/t11-/m0/s1. The average molecular weight is 527 g/mol. The van der Waals surface area contributed by atoms with Crippen LogP contribution < -0.4 is 10.6 Å². The summed E-state index contributed by atoms with van der Waals surface area (Å²) in [5, 5.41) is 10.7. The fourth-order valence-corrected chi connectivity index (χ4v) is 4.14. The molecule has 3 heterocycles. The number of hydrogen-bond donors (Lipinski definition) is 2. The van der Waals surface area contributed by atoms with Gasteiger partial charge in [0.15, 0.2) is 5.82 Å². The van der Waals surface area contributed by atoms with Gasteiger partial charge in [-0.1, -0.05) is 0 Å². The second kappa shape index (κ2) is 9.06. The van der Waals surface area contributed by atoms with Crippen LogP contribution in [0.3, 0.4) is 0 Å². The molecule has 13 heteroatoms. The quantitative estimate of drug-likeness (QED) is 0.595. The minimum atomic E-state index is -0.917. The van der Waals surface area contributed by atoms with Crippen molar-refractivity contribution in [3.63, 3.8) is 0 Å². The van der Waals surface area contributed by atoms with Gasteiger partial charge in [0.25, 0.3) is 5.91 Å². The molecule has 0 aliphatic carbocycles. The van der Waals surface area contributed by atoms with Gasteiger partial charge in [-0.05, 0) is 28.1 Å².